The highest BCUT2D eigenvalue weighted by atomic mass is 35.5. The van der Waals surface area contributed by atoms with Crippen LogP contribution in [0.1, 0.15) is 31.9 Å². The molecule has 0 saturated carbocycles. The lowest BCUT2D eigenvalue weighted by atomic mass is 10.0. The molecule has 20 heavy (non-hydrogen) atoms. The number of rotatable bonds is 6. The number of hydrogen-bond donors (Lipinski definition) is 1. The van der Waals surface area contributed by atoms with Crippen molar-refractivity contribution in [2.24, 2.45) is 0 Å². The highest BCUT2D eigenvalue weighted by molar-refractivity contribution is 6.30. The number of ether oxygens (including phenoxy) is 1. The Morgan fingerprint density at radius 2 is 1.80 bits per heavy atom. The largest absolute Gasteiger partial charge is 0.457 e. The van der Waals surface area contributed by atoms with Gasteiger partial charge in [-0.25, -0.2) is 0 Å². The lowest BCUT2D eigenvalue weighted by Gasteiger charge is -2.16. The minimum Gasteiger partial charge on any atom is -0.457 e. The predicted molar refractivity (Wildman–Crippen MR) is 84.7 cm³/mol. The maximum atomic E-state index is 5.94. The van der Waals surface area contributed by atoms with E-state index < -0.39 is 0 Å². The van der Waals surface area contributed by atoms with E-state index in [4.69, 9.17) is 16.3 Å². The summed E-state index contributed by atoms with van der Waals surface area (Å²) in [5, 5.41) is 4.15. The molecule has 0 spiro atoms. The van der Waals surface area contributed by atoms with Crippen molar-refractivity contribution in [1.29, 1.82) is 0 Å². The summed E-state index contributed by atoms with van der Waals surface area (Å²) in [5.74, 6) is 1.58. The smallest absolute Gasteiger partial charge is 0.128 e. The van der Waals surface area contributed by atoms with Gasteiger partial charge < -0.3 is 10.1 Å². The normalized spacial score (nSPS) is 12.2. The fraction of sp³-hybridized carbons (Fsp3) is 0.294. The summed E-state index contributed by atoms with van der Waals surface area (Å²) in [7, 11) is 0. The summed E-state index contributed by atoms with van der Waals surface area (Å²) in [5.41, 5.74) is 1.28. The molecule has 2 rings (SSSR count). The molecule has 1 atom stereocenters. The maximum absolute atomic E-state index is 5.94. The summed E-state index contributed by atoms with van der Waals surface area (Å²) in [6.45, 7) is 5.28. The highest BCUT2D eigenvalue weighted by Gasteiger charge is 2.07. The van der Waals surface area contributed by atoms with Crippen LogP contribution in [-0.4, -0.2) is 6.54 Å². The van der Waals surface area contributed by atoms with Gasteiger partial charge in [0.1, 0.15) is 11.5 Å². The third-order valence-electron chi connectivity index (χ3n) is 3.17. The first-order valence-corrected chi connectivity index (χ1v) is 7.37. The van der Waals surface area contributed by atoms with Crippen LogP contribution >= 0.6 is 11.6 Å². The van der Waals surface area contributed by atoms with Crippen molar-refractivity contribution < 1.29 is 4.74 Å². The quantitative estimate of drug-likeness (QED) is 0.790. The van der Waals surface area contributed by atoms with Gasteiger partial charge in [0.15, 0.2) is 0 Å². The van der Waals surface area contributed by atoms with Crippen molar-refractivity contribution in [2.75, 3.05) is 6.54 Å². The number of nitrogens with one attached hydrogen (secondary N) is 1. The van der Waals surface area contributed by atoms with Crippen molar-refractivity contribution in [1.82, 2.24) is 5.32 Å². The standard InChI is InChI=1S/C17H20ClNO/c1-3-17(19-4-2)13-8-10-15(11-9-13)20-16-7-5-6-14(18)12-16/h5-12,17,19H,3-4H2,1-2H3. The van der Waals surface area contributed by atoms with Gasteiger partial charge in [0, 0.05) is 11.1 Å². The molecule has 1 unspecified atom stereocenters. The van der Waals surface area contributed by atoms with Crippen LogP contribution in [0.5, 0.6) is 11.5 Å². The van der Waals surface area contributed by atoms with E-state index in [1.165, 1.54) is 5.56 Å². The van der Waals surface area contributed by atoms with Gasteiger partial charge in [-0.2, -0.15) is 0 Å². The molecule has 0 saturated heterocycles. The molecule has 0 aliphatic carbocycles. The van der Waals surface area contributed by atoms with Crippen LogP contribution in [0.4, 0.5) is 0 Å². The van der Waals surface area contributed by atoms with Crippen LogP contribution < -0.4 is 10.1 Å². The van der Waals surface area contributed by atoms with Crippen molar-refractivity contribution in [3.05, 3.63) is 59.1 Å². The molecular weight excluding hydrogens is 270 g/mol. The molecule has 0 fully saturated rings. The number of hydrogen-bond acceptors (Lipinski definition) is 2. The Kier molecular flexibility index (Phi) is 5.45. The predicted octanol–water partition coefficient (Wildman–Crippen LogP) is 5.19. The van der Waals surface area contributed by atoms with Gasteiger partial charge in [0.2, 0.25) is 0 Å². The van der Waals surface area contributed by atoms with Crippen LogP contribution in [0.3, 0.4) is 0 Å². The van der Waals surface area contributed by atoms with Gasteiger partial charge in [-0.15, -0.1) is 0 Å². The van der Waals surface area contributed by atoms with E-state index in [-0.39, 0.29) is 0 Å². The highest BCUT2D eigenvalue weighted by Crippen LogP contribution is 2.26. The molecule has 3 heteroatoms. The zero-order valence-corrected chi connectivity index (χ0v) is 12.7. The van der Waals surface area contributed by atoms with E-state index in [9.17, 15) is 0 Å². The Morgan fingerprint density at radius 1 is 1.05 bits per heavy atom. The van der Waals surface area contributed by atoms with Crippen LogP contribution in [0.15, 0.2) is 48.5 Å². The van der Waals surface area contributed by atoms with Gasteiger partial charge in [0.25, 0.3) is 0 Å². The Hall–Kier alpha value is -1.51. The second kappa shape index (κ2) is 7.32. The molecule has 0 radical (unpaired) electrons. The second-order valence-electron chi connectivity index (χ2n) is 4.65. The van der Waals surface area contributed by atoms with Crippen LogP contribution in [0.25, 0.3) is 0 Å². The zero-order chi connectivity index (χ0) is 14.4. The lowest BCUT2D eigenvalue weighted by molar-refractivity contribution is 0.481. The molecule has 2 nitrogen and oxygen atoms in total. The molecule has 106 valence electrons. The van der Waals surface area contributed by atoms with E-state index in [1.54, 1.807) is 0 Å². The van der Waals surface area contributed by atoms with E-state index in [0.717, 1.165) is 24.5 Å². The Labute approximate surface area is 125 Å². The van der Waals surface area contributed by atoms with Gasteiger partial charge in [0.05, 0.1) is 0 Å². The summed E-state index contributed by atoms with van der Waals surface area (Å²) >= 11 is 5.94. The monoisotopic (exact) mass is 289 g/mol. The fourth-order valence-corrected chi connectivity index (χ4v) is 2.36. The van der Waals surface area contributed by atoms with E-state index in [1.807, 2.05) is 36.4 Å². The third kappa shape index (κ3) is 3.99. The lowest BCUT2D eigenvalue weighted by Crippen LogP contribution is -2.19. The summed E-state index contributed by atoms with van der Waals surface area (Å²) in [4.78, 5) is 0. The SMILES string of the molecule is CCNC(CC)c1ccc(Oc2cccc(Cl)c2)cc1. The number of benzene rings is 2. The average molecular weight is 290 g/mol. The van der Waals surface area contributed by atoms with Crippen LogP contribution in [0, 0.1) is 0 Å². The van der Waals surface area contributed by atoms with Crippen molar-refractivity contribution in [2.45, 2.75) is 26.3 Å². The minimum absolute atomic E-state index is 0.403. The molecule has 0 amide bonds. The Balaban J connectivity index is 2.08. The summed E-state index contributed by atoms with van der Waals surface area (Å²) in [6, 6.07) is 16.0. The van der Waals surface area contributed by atoms with E-state index >= 15 is 0 Å². The number of halogens is 1. The average Bonchev–Trinajstić information content (AvgIpc) is 2.46. The Bertz CT molecular complexity index is 539. The molecule has 0 aliphatic rings. The molecule has 0 aromatic heterocycles. The Morgan fingerprint density at radius 3 is 2.40 bits per heavy atom. The van der Waals surface area contributed by atoms with Crippen LogP contribution in [0.2, 0.25) is 5.02 Å². The fourth-order valence-electron chi connectivity index (χ4n) is 2.18. The topological polar surface area (TPSA) is 21.3 Å². The summed E-state index contributed by atoms with van der Waals surface area (Å²) < 4.78 is 5.78. The maximum Gasteiger partial charge on any atom is 0.128 e. The molecular formula is C17H20ClNO. The molecule has 0 bridgehead atoms. The van der Waals surface area contributed by atoms with Gasteiger partial charge in [-0.3, -0.25) is 0 Å². The van der Waals surface area contributed by atoms with E-state index in [2.05, 4.69) is 31.3 Å². The van der Waals surface area contributed by atoms with Crippen molar-refractivity contribution in [3.63, 3.8) is 0 Å². The summed E-state index contributed by atoms with van der Waals surface area (Å²) in [6.07, 6.45) is 1.07. The van der Waals surface area contributed by atoms with Gasteiger partial charge in [-0.05, 0) is 48.9 Å². The molecule has 0 aliphatic heterocycles. The minimum atomic E-state index is 0.403. The van der Waals surface area contributed by atoms with Gasteiger partial charge in [-0.1, -0.05) is 43.6 Å². The van der Waals surface area contributed by atoms with Crippen LogP contribution in [-0.2, 0) is 0 Å². The molecule has 1 N–H and O–H groups in total. The first kappa shape index (κ1) is 14.9. The van der Waals surface area contributed by atoms with Gasteiger partial charge >= 0.3 is 0 Å². The first-order chi connectivity index (χ1) is 9.72. The second-order valence-corrected chi connectivity index (χ2v) is 5.08. The van der Waals surface area contributed by atoms with E-state index in [0.29, 0.717) is 11.1 Å². The molecule has 2 aromatic carbocycles. The third-order valence-corrected chi connectivity index (χ3v) is 3.41. The molecule has 2 aromatic rings. The zero-order valence-electron chi connectivity index (χ0n) is 11.9. The van der Waals surface area contributed by atoms with Crippen molar-refractivity contribution in [3.8, 4) is 11.5 Å². The molecule has 0 heterocycles. The first-order valence-electron chi connectivity index (χ1n) is 6.99. The van der Waals surface area contributed by atoms with Crippen molar-refractivity contribution >= 4 is 11.6 Å².